The van der Waals surface area contributed by atoms with Crippen LogP contribution >= 0.6 is 0 Å². The smallest absolute Gasteiger partial charge is 0.220 e. The number of nitrogens with two attached hydrogens (primary N) is 2. The molecular weight excluding hydrogens is 288 g/mol. The largest absolute Gasteiger partial charge is 0.369 e. The molecule has 2 aliphatic rings. The molecule has 1 fully saturated rings. The van der Waals surface area contributed by atoms with Crippen molar-refractivity contribution >= 4 is 28.5 Å². The normalized spacial score (nSPS) is 20.7. The first kappa shape index (κ1) is 14.1. The van der Waals surface area contributed by atoms with Gasteiger partial charge >= 0.3 is 0 Å². The van der Waals surface area contributed by atoms with Gasteiger partial charge in [-0.3, -0.25) is 4.90 Å². The van der Waals surface area contributed by atoms with E-state index in [4.69, 9.17) is 16.5 Å². The number of aryl methyl sites for hydroxylation is 1. The second kappa shape index (κ2) is 5.01. The summed E-state index contributed by atoms with van der Waals surface area (Å²) in [5.41, 5.74) is 15.2. The lowest BCUT2D eigenvalue weighted by molar-refractivity contribution is 0.305. The van der Waals surface area contributed by atoms with E-state index in [-0.39, 0.29) is 5.66 Å². The van der Waals surface area contributed by atoms with Gasteiger partial charge < -0.3 is 16.5 Å². The predicted octanol–water partition coefficient (Wildman–Crippen LogP) is 2.59. The van der Waals surface area contributed by atoms with Crippen LogP contribution in [0.5, 0.6) is 0 Å². The maximum absolute atomic E-state index is 6.30. The van der Waals surface area contributed by atoms with E-state index < -0.39 is 0 Å². The summed E-state index contributed by atoms with van der Waals surface area (Å²) < 4.78 is 0. The molecule has 1 aliphatic heterocycles. The number of rotatable bonds is 1. The zero-order valence-electron chi connectivity index (χ0n) is 13.3. The van der Waals surface area contributed by atoms with Crippen LogP contribution in [-0.4, -0.2) is 22.6 Å². The number of anilines is 1. The average Bonchev–Trinajstić information content (AvgIpc) is 2.99. The van der Waals surface area contributed by atoms with E-state index in [0.717, 1.165) is 36.9 Å². The van der Waals surface area contributed by atoms with E-state index in [1.54, 1.807) is 0 Å². The Hall–Kier alpha value is -2.50. The lowest BCUT2D eigenvalue weighted by Crippen LogP contribution is -2.58. The number of hydrogen-bond acceptors (Lipinski definition) is 5. The molecule has 0 bridgehead atoms. The minimum Gasteiger partial charge on any atom is -0.369 e. The number of nitrogens with zero attached hydrogens (tertiary/aromatic N) is 3. The van der Waals surface area contributed by atoms with Crippen molar-refractivity contribution in [2.75, 3.05) is 4.90 Å². The van der Waals surface area contributed by atoms with Gasteiger partial charge in [-0.15, -0.1) is 0 Å². The minimum absolute atomic E-state index is 0.293. The van der Waals surface area contributed by atoms with E-state index in [1.165, 1.54) is 17.4 Å². The fraction of sp³-hybridized carbons (Fsp3) is 0.412. The molecule has 1 aromatic heterocycles. The Morgan fingerprint density at radius 2 is 1.91 bits per heavy atom. The molecule has 2 aromatic rings. The fourth-order valence-corrected chi connectivity index (χ4v) is 3.98. The van der Waals surface area contributed by atoms with Crippen LogP contribution in [0.25, 0.3) is 10.9 Å². The molecule has 1 spiro atoms. The Morgan fingerprint density at radius 1 is 1.13 bits per heavy atom. The van der Waals surface area contributed by atoms with Gasteiger partial charge in [0.2, 0.25) is 11.9 Å². The number of nitrogens with one attached hydrogen (secondary N) is 1. The lowest BCUT2D eigenvalue weighted by atomic mass is 9.87. The summed E-state index contributed by atoms with van der Waals surface area (Å²) in [6.45, 7) is 2.12. The number of aromatic nitrogens is 1. The first-order chi connectivity index (χ1) is 11.1. The molecular formula is C17H22N6. The number of aliphatic imine (C=N–C) groups is 2. The van der Waals surface area contributed by atoms with Gasteiger partial charge in [-0.1, -0.05) is 6.42 Å². The van der Waals surface area contributed by atoms with Gasteiger partial charge in [-0.25, -0.2) is 4.99 Å². The Bertz CT molecular complexity index is 810. The summed E-state index contributed by atoms with van der Waals surface area (Å²) in [5, 5.41) is 1.20. The molecule has 1 aromatic carbocycles. The molecule has 5 N–H and O–H groups in total. The Labute approximate surface area is 135 Å². The summed E-state index contributed by atoms with van der Waals surface area (Å²) >= 11 is 0. The Balaban J connectivity index is 1.89. The van der Waals surface area contributed by atoms with Gasteiger partial charge in [-0.05, 0) is 56.4 Å². The van der Waals surface area contributed by atoms with Crippen LogP contribution in [0.15, 0.2) is 34.4 Å². The minimum atomic E-state index is -0.386. The van der Waals surface area contributed by atoms with Crippen LogP contribution < -0.4 is 16.4 Å². The zero-order chi connectivity index (χ0) is 16.0. The van der Waals surface area contributed by atoms with Crippen molar-refractivity contribution in [1.82, 2.24) is 4.98 Å². The van der Waals surface area contributed by atoms with Crippen molar-refractivity contribution in [2.45, 2.75) is 44.7 Å². The predicted molar refractivity (Wildman–Crippen MR) is 94.6 cm³/mol. The maximum atomic E-state index is 6.30. The van der Waals surface area contributed by atoms with E-state index in [1.807, 2.05) is 6.20 Å². The summed E-state index contributed by atoms with van der Waals surface area (Å²) in [5.74, 6) is 0.735. The molecule has 0 unspecified atom stereocenters. The van der Waals surface area contributed by atoms with Crippen LogP contribution in [0.2, 0.25) is 0 Å². The van der Waals surface area contributed by atoms with E-state index in [2.05, 4.69) is 40.0 Å². The average molecular weight is 310 g/mol. The number of H-pyrrole nitrogens is 1. The van der Waals surface area contributed by atoms with Crippen molar-refractivity contribution in [3.8, 4) is 0 Å². The number of benzene rings is 1. The lowest BCUT2D eigenvalue weighted by Gasteiger charge is -2.46. The highest BCUT2D eigenvalue weighted by Gasteiger charge is 2.43. The quantitative estimate of drug-likeness (QED) is 0.755. The third-order valence-corrected chi connectivity index (χ3v) is 5.07. The highest BCUT2D eigenvalue weighted by molar-refractivity contribution is 6.07. The molecule has 0 radical (unpaired) electrons. The van der Waals surface area contributed by atoms with Gasteiger partial charge in [0.05, 0.1) is 0 Å². The number of aromatic amines is 1. The van der Waals surface area contributed by atoms with Crippen LogP contribution in [0.3, 0.4) is 0 Å². The molecule has 0 saturated heterocycles. The van der Waals surface area contributed by atoms with E-state index >= 15 is 0 Å². The van der Waals surface area contributed by atoms with Gasteiger partial charge in [0.15, 0.2) is 0 Å². The first-order valence-electron chi connectivity index (χ1n) is 8.17. The molecule has 1 aliphatic carbocycles. The summed E-state index contributed by atoms with van der Waals surface area (Å²) in [6.07, 6.45) is 7.36. The molecule has 120 valence electrons. The molecule has 23 heavy (non-hydrogen) atoms. The van der Waals surface area contributed by atoms with Gasteiger partial charge in [-0.2, -0.15) is 4.99 Å². The highest BCUT2D eigenvalue weighted by Crippen LogP contribution is 2.41. The van der Waals surface area contributed by atoms with Crippen molar-refractivity contribution < 1.29 is 0 Å². The molecule has 6 nitrogen and oxygen atoms in total. The third-order valence-electron chi connectivity index (χ3n) is 5.07. The Kier molecular flexibility index (Phi) is 3.07. The standard InChI is InChI=1S/C17H22N6/c1-11-12-7-10-20-13(12)5-6-14(11)23-16(19)21-15(18)22-17(23)8-3-2-4-9-17/h5-7,10,20H,2-4,8-9H2,1H3,(H4,18,19,21,22). The van der Waals surface area contributed by atoms with Gasteiger partial charge in [0.25, 0.3) is 0 Å². The summed E-state index contributed by atoms with van der Waals surface area (Å²) in [6, 6.07) is 6.28. The summed E-state index contributed by atoms with van der Waals surface area (Å²) in [7, 11) is 0. The van der Waals surface area contributed by atoms with Crippen LogP contribution in [0, 0.1) is 6.92 Å². The topological polar surface area (TPSA) is 95.8 Å². The van der Waals surface area contributed by atoms with Crippen molar-refractivity contribution in [3.63, 3.8) is 0 Å². The fourth-order valence-electron chi connectivity index (χ4n) is 3.98. The Morgan fingerprint density at radius 3 is 2.70 bits per heavy atom. The zero-order valence-corrected chi connectivity index (χ0v) is 13.3. The second-order valence-corrected chi connectivity index (χ2v) is 6.47. The van der Waals surface area contributed by atoms with Gasteiger partial charge in [0.1, 0.15) is 5.66 Å². The van der Waals surface area contributed by atoms with E-state index in [9.17, 15) is 0 Å². The van der Waals surface area contributed by atoms with Crippen LogP contribution in [-0.2, 0) is 0 Å². The number of hydrogen-bond donors (Lipinski definition) is 3. The SMILES string of the molecule is Cc1c(N2C(N)=NC(N)=NC23CCCCC3)ccc2[nH]ccc12. The molecule has 6 heteroatoms. The number of fused-ring (bicyclic) bond motifs is 1. The van der Waals surface area contributed by atoms with Gasteiger partial charge in [0, 0.05) is 22.8 Å². The van der Waals surface area contributed by atoms with E-state index in [0.29, 0.717) is 11.9 Å². The summed E-state index contributed by atoms with van der Waals surface area (Å²) in [4.78, 5) is 14.3. The monoisotopic (exact) mass is 310 g/mol. The molecule has 2 heterocycles. The molecule has 4 rings (SSSR count). The maximum Gasteiger partial charge on any atom is 0.220 e. The third kappa shape index (κ3) is 2.09. The molecule has 0 atom stereocenters. The second-order valence-electron chi connectivity index (χ2n) is 6.47. The molecule has 1 saturated carbocycles. The number of guanidine groups is 2. The van der Waals surface area contributed by atoms with Crippen molar-refractivity contribution in [3.05, 3.63) is 30.0 Å². The first-order valence-corrected chi connectivity index (χ1v) is 8.17. The van der Waals surface area contributed by atoms with Crippen LogP contribution in [0.4, 0.5) is 5.69 Å². The molecule has 0 amide bonds. The highest BCUT2D eigenvalue weighted by atomic mass is 15.4. The van der Waals surface area contributed by atoms with Crippen molar-refractivity contribution in [2.24, 2.45) is 21.5 Å². The van der Waals surface area contributed by atoms with Crippen molar-refractivity contribution in [1.29, 1.82) is 0 Å². The van der Waals surface area contributed by atoms with Crippen LogP contribution in [0.1, 0.15) is 37.7 Å².